The number of rotatable bonds is 3. The summed E-state index contributed by atoms with van der Waals surface area (Å²) < 4.78 is 18.9. The Morgan fingerprint density at radius 3 is 2.55 bits per heavy atom. The lowest BCUT2D eigenvalue weighted by atomic mass is 10.2. The topological polar surface area (TPSA) is 9.23 Å². The summed E-state index contributed by atoms with van der Waals surface area (Å²) >= 11 is 11.3. The lowest BCUT2D eigenvalue weighted by Crippen LogP contribution is -1.97. The number of alkyl halides is 1. The molecule has 0 atom stereocenters. The Morgan fingerprint density at radius 2 is 1.85 bits per heavy atom. The number of hydrogen-bond acceptors (Lipinski definition) is 1. The standard InChI is InChI=1S/C16H11Cl2FO/c17-9-1-2-13-10-15(19)7-8-16(13)20-11-12-3-5-14(18)6-4-12/h3-8,10H,9,11H2. The summed E-state index contributed by atoms with van der Waals surface area (Å²) in [6.07, 6.45) is 0. The Morgan fingerprint density at radius 1 is 1.10 bits per heavy atom. The number of benzene rings is 2. The molecule has 0 heterocycles. The zero-order valence-corrected chi connectivity index (χ0v) is 12.0. The molecule has 2 aromatic carbocycles. The van der Waals surface area contributed by atoms with Crippen molar-refractivity contribution in [2.24, 2.45) is 0 Å². The highest BCUT2D eigenvalue weighted by atomic mass is 35.5. The smallest absolute Gasteiger partial charge is 0.135 e. The maximum Gasteiger partial charge on any atom is 0.135 e. The molecule has 0 aliphatic heterocycles. The van der Waals surface area contributed by atoms with Gasteiger partial charge in [0.15, 0.2) is 0 Å². The van der Waals surface area contributed by atoms with Crippen LogP contribution in [0.2, 0.25) is 5.02 Å². The molecule has 2 rings (SSSR count). The van der Waals surface area contributed by atoms with Crippen LogP contribution in [0.3, 0.4) is 0 Å². The van der Waals surface area contributed by atoms with Crippen LogP contribution in [-0.2, 0) is 6.61 Å². The van der Waals surface area contributed by atoms with Crippen molar-refractivity contribution in [1.82, 2.24) is 0 Å². The van der Waals surface area contributed by atoms with Crippen molar-refractivity contribution in [3.8, 4) is 17.6 Å². The van der Waals surface area contributed by atoms with Gasteiger partial charge in [0.2, 0.25) is 0 Å². The average Bonchev–Trinajstić information content (AvgIpc) is 2.46. The molecule has 0 N–H and O–H groups in total. The normalized spacial score (nSPS) is 9.75. The summed E-state index contributed by atoms with van der Waals surface area (Å²) in [6, 6.07) is 11.5. The highest BCUT2D eigenvalue weighted by Gasteiger charge is 2.04. The predicted molar refractivity (Wildman–Crippen MR) is 79.8 cm³/mol. The maximum absolute atomic E-state index is 13.2. The Balaban J connectivity index is 2.14. The fraction of sp³-hybridized carbons (Fsp3) is 0.125. The van der Waals surface area contributed by atoms with Gasteiger partial charge in [-0.1, -0.05) is 35.6 Å². The van der Waals surface area contributed by atoms with E-state index in [1.807, 2.05) is 12.1 Å². The summed E-state index contributed by atoms with van der Waals surface area (Å²) in [5.41, 5.74) is 1.45. The second-order valence-electron chi connectivity index (χ2n) is 3.99. The molecule has 1 nitrogen and oxygen atoms in total. The SMILES string of the molecule is Fc1ccc(OCc2ccc(Cl)cc2)c(C#CCCl)c1. The van der Waals surface area contributed by atoms with Gasteiger partial charge in [-0.15, -0.1) is 11.6 Å². The summed E-state index contributed by atoms with van der Waals surface area (Å²) in [5.74, 6) is 5.83. The van der Waals surface area contributed by atoms with Crippen LogP contribution in [0.4, 0.5) is 4.39 Å². The van der Waals surface area contributed by atoms with Crippen LogP contribution in [0.5, 0.6) is 5.75 Å². The van der Waals surface area contributed by atoms with Gasteiger partial charge in [0, 0.05) is 5.02 Å². The number of halogens is 3. The Labute approximate surface area is 127 Å². The summed E-state index contributed by atoms with van der Waals surface area (Å²) in [4.78, 5) is 0. The molecule has 20 heavy (non-hydrogen) atoms. The lowest BCUT2D eigenvalue weighted by Gasteiger charge is -2.08. The molecule has 0 bridgehead atoms. The van der Waals surface area contributed by atoms with Crippen molar-refractivity contribution in [2.75, 3.05) is 5.88 Å². The van der Waals surface area contributed by atoms with Crippen LogP contribution in [0.25, 0.3) is 0 Å². The van der Waals surface area contributed by atoms with Gasteiger partial charge in [-0.3, -0.25) is 0 Å². The third-order valence-electron chi connectivity index (χ3n) is 2.54. The van der Waals surface area contributed by atoms with Crippen molar-refractivity contribution in [3.05, 3.63) is 64.4 Å². The van der Waals surface area contributed by atoms with E-state index in [4.69, 9.17) is 27.9 Å². The molecular formula is C16H11Cl2FO. The van der Waals surface area contributed by atoms with Crippen LogP contribution in [0.15, 0.2) is 42.5 Å². The average molecular weight is 309 g/mol. The van der Waals surface area contributed by atoms with Gasteiger partial charge in [-0.05, 0) is 35.9 Å². The molecule has 0 aromatic heterocycles. The molecule has 0 saturated heterocycles. The van der Waals surface area contributed by atoms with Gasteiger partial charge in [0.1, 0.15) is 18.2 Å². The van der Waals surface area contributed by atoms with Gasteiger partial charge in [-0.25, -0.2) is 4.39 Å². The fourth-order valence-corrected chi connectivity index (χ4v) is 1.79. The first-order valence-electron chi connectivity index (χ1n) is 5.90. The summed E-state index contributed by atoms with van der Waals surface area (Å²) in [6.45, 7) is 0.359. The second-order valence-corrected chi connectivity index (χ2v) is 4.69. The van der Waals surface area contributed by atoms with E-state index >= 15 is 0 Å². The molecule has 0 aliphatic rings. The predicted octanol–water partition coefficient (Wildman–Crippen LogP) is 4.65. The molecule has 0 spiro atoms. The van der Waals surface area contributed by atoms with Crippen LogP contribution in [0.1, 0.15) is 11.1 Å². The van der Waals surface area contributed by atoms with Crippen LogP contribution >= 0.6 is 23.2 Å². The molecule has 0 fully saturated rings. The van der Waals surface area contributed by atoms with E-state index < -0.39 is 0 Å². The van der Waals surface area contributed by atoms with E-state index in [0.717, 1.165) is 5.56 Å². The third kappa shape index (κ3) is 4.16. The first-order valence-corrected chi connectivity index (χ1v) is 6.82. The quantitative estimate of drug-likeness (QED) is 0.592. The highest BCUT2D eigenvalue weighted by Crippen LogP contribution is 2.20. The molecule has 0 saturated carbocycles. The maximum atomic E-state index is 13.2. The van der Waals surface area contributed by atoms with E-state index in [9.17, 15) is 4.39 Å². The Bertz CT molecular complexity index is 642. The molecule has 0 amide bonds. The molecule has 0 aliphatic carbocycles. The fourth-order valence-electron chi connectivity index (χ4n) is 1.60. The van der Waals surface area contributed by atoms with E-state index in [0.29, 0.717) is 22.9 Å². The second kappa shape index (κ2) is 7.19. The first kappa shape index (κ1) is 14.7. The minimum absolute atomic E-state index is 0.188. The minimum Gasteiger partial charge on any atom is -0.488 e. The third-order valence-corrected chi connectivity index (χ3v) is 2.92. The largest absolute Gasteiger partial charge is 0.488 e. The van der Waals surface area contributed by atoms with Crippen molar-refractivity contribution in [2.45, 2.75) is 6.61 Å². The molecule has 2 aromatic rings. The van der Waals surface area contributed by atoms with Crippen LogP contribution in [-0.4, -0.2) is 5.88 Å². The first-order chi connectivity index (χ1) is 9.69. The Hall–Kier alpha value is -1.69. The minimum atomic E-state index is -0.359. The van der Waals surface area contributed by atoms with Gasteiger partial charge in [0.25, 0.3) is 0 Å². The van der Waals surface area contributed by atoms with E-state index in [1.54, 1.807) is 18.2 Å². The van der Waals surface area contributed by atoms with E-state index in [-0.39, 0.29) is 11.7 Å². The number of ether oxygens (including phenoxy) is 1. The van der Waals surface area contributed by atoms with Gasteiger partial charge in [0.05, 0.1) is 11.4 Å². The van der Waals surface area contributed by atoms with Crippen molar-refractivity contribution in [3.63, 3.8) is 0 Å². The van der Waals surface area contributed by atoms with Gasteiger partial charge >= 0.3 is 0 Å². The molecule has 4 heteroatoms. The van der Waals surface area contributed by atoms with Crippen molar-refractivity contribution in [1.29, 1.82) is 0 Å². The van der Waals surface area contributed by atoms with E-state index in [2.05, 4.69) is 11.8 Å². The van der Waals surface area contributed by atoms with Crippen molar-refractivity contribution >= 4 is 23.2 Å². The monoisotopic (exact) mass is 308 g/mol. The summed E-state index contributed by atoms with van der Waals surface area (Å²) in [7, 11) is 0. The van der Waals surface area contributed by atoms with Crippen molar-refractivity contribution < 1.29 is 9.13 Å². The zero-order valence-electron chi connectivity index (χ0n) is 10.5. The van der Waals surface area contributed by atoms with E-state index in [1.165, 1.54) is 12.1 Å². The van der Waals surface area contributed by atoms with Gasteiger partial charge in [-0.2, -0.15) is 0 Å². The summed E-state index contributed by atoms with van der Waals surface area (Å²) in [5, 5.41) is 0.671. The Kier molecular flexibility index (Phi) is 5.29. The molecule has 0 unspecified atom stereocenters. The van der Waals surface area contributed by atoms with Crippen LogP contribution < -0.4 is 4.74 Å². The van der Waals surface area contributed by atoms with Crippen LogP contribution in [0, 0.1) is 17.7 Å². The lowest BCUT2D eigenvalue weighted by molar-refractivity contribution is 0.305. The molecule has 102 valence electrons. The van der Waals surface area contributed by atoms with Gasteiger partial charge < -0.3 is 4.74 Å². The number of hydrogen-bond donors (Lipinski definition) is 0. The molecule has 0 radical (unpaired) electrons. The molecular weight excluding hydrogens is 298 g/mol. The highest BCUT2D eigenvalue weighted by molar-refractivity contribution is 6.30. The zero-order chi connectivity index (χ0) is 14.4.